The van der Waals surface area contributed by atoms with Gasteiger partial charge in [0.2, 0.25) is 0 Å². The van der Waals surface area contributed by atoms with Crippen molar-refractivity contribution in [2.24, 2.45) is 0 Å². The average molecular weight is 299 g/mol. The summed E-state index contributed by atoms with van der Waals surface area (Å²) in [6.07, 6.45) is 0. The minimum absolute atomic E-state index is 0.361. The number of hydrogen-bond donors (Lipinski definition) is 1. The van der Waals surface area contributed by atoms with Gasteiger partial charge in [-0.15, -0.1) is 23.5 Å². The largest absolute Gasteiger partial charge is 0.366 e. The number of benzene rings is 1. The Labute approximate surface area is 123 Å². The van der Waals surface area contributed by atoms with Crippen molar-refractivity contribution in [3.05, 3.63) is 29.8 Å². The van der Waals surface area contributed by atoms with Crippen LogP contribution in [0.5, 0.6) is 0 Å². The van der Waals surface area contributed by atoms with Crippen LogP contribution in [-0.2, 0) is 0 Å². The smallest absolute Gasteiger partial charge is 0.169 e. The van der Waals surface area contributed by atoms with Gasteiger partial charge in [0.05, 0.1) is 0 Å². The molecule has 1 atom stereocenters. The number of thioether (sulfide) groups is 2. The fraction of sp³-hybridized carbons (Fsp3) is 0.462. The molecular formula is C13H18N2S3. The molecule has 98 valence electrons. The normalized spacial score (nSPS) is 19.0. The summed E-state index contributed by atoms with van der Waals surface area (Å²) in [5.41, 5.74) is 1.39. The molecule has 0 aromatic heterocycles. The third kappa shape index (κ3) is 2.95. The van der Waals surface area contributed by atoms with Crippen molar-refractivity contribution in [2.75, 3.05) is 25.1 Å². The van der Waals surface area contributed by atoms with E-state index in [4.69, 9.17) is 12.2 Å². The summed E-state index contributed by atoms with van der Waals surface area (Å²) in [5.74, 6) is 2.24. The maximum Gasteiger partial charge on any atom is 0.169 e. The first kappa shape index (κ1) is 14.0. The molecule has 1 aromatic carbocycles. The van der Waals surface area contributed by atoms with Gasteiger partial charge in [-0.25, -0.2) is 0 Å². The van der Waals surface area contributed by atoms with Crippen LogP contribution in [0.2, 0.25) is 0 Å². The van der Waals surface area contributed by atoms with E-state index in [-0.39, 0.29) is 0 Å². The second-order valence-corrected chi connectivity index (χ2v) is 6.82. The Balaban J connectivity index is 2.27. The standard InChI is InChI=1S/C13H18N2S3/c1-3-17-11-7-5-4-6-10(11)12-15(8-9-18-12)13(16)14-2/h4-7,12H,3,8-9H2,1-2H3,(H,14,16). The molecule has 2 rings (SSSR count). The first-order chi connectivity index (χ1) is 8.77. The Bertz CT molecular complexity index is 422. The summed E-state index contributed by atoms with van der Waals surface area (Å²) < 4.78 is 0. The van der Waals surface area contributed by atoms with Crippen molar-refractivity contribution >= 4 is 40.9 Å². The lowest BCUT2D eigenvalue weighted by Crippen LogP contribution is -2.37. The minimum atomic E-state index is 0.361. The minimum Gasteiger partial charge on any atom is -0.366 e. The van der Waals surface area contributed by atoms with Crippen LogP contribution in [0.3, 0.4) is 0 Å². The maximum atomic E-state index is 5.39. The Morgan fingerprint density at radius 2 is 2.33 bits per heavy atom. The summed E-state index contributed by atoms with van der Waals surface area (Å²) in [5, 5.41) is 4.31. The molecule has 0 saturated carbocycles. The van der Waals surface area contributed by atoms with E-state index in [0.717, 1.165) is 23.2 Å². The summed E-state index contributed by atoms with van der Waals surface area (Å²) in [6, 6.07) is 8.67. The lowest BCUT2D eigenvalue weighted by molar-refractivity contribution is 0.442. The second-order valence-electron chi connectivity index (χ2n) is 3.94. The zero-order valence-electron chi connectivity index (χ0n) is 10.7. The van der Waals surface area contributed by atoms with Crippen LogP contribution in [0.15, 0.2) is 29.2 Å². The number of rotatable bonds is 3. The van der Waals surface area contributed by atoms with E-state index in [1.54, 1.807) is 0 Å². The molecule has 1 saturated heterocycles. The predicted octanol–water partition coefficient (Wildman–Crippen LogP) is 3.35. The van der Waals surface area contributed by atoms with Crippen LogP contribution in [-0.4, -0.2) is 35.1 Å². The topological polar surface area (TPSA) is 15.3 Å². The molecule has 2 nitrogen and oxygen atoms in total. The van der Waals surface area contributed by atoms with Crippen molar-refractivity contribution in [3.8, 4) is 0 Å². The maximum absolute atomic E-state index is 5.39. The molecule has 18 heavy (non-hydrogen) atoms. The number of nitrogens with zero attached hydrogens (tertiary/aromatic N) is 1. The monoisotopic (exact) mass is 298 g/mol. The predicted molar refractivity (Wildman–Crippen MR) is 86.4 cm³/mol. The van der Waals surface area contributed by atoms with Crippen LogP contribution < -0.4 is 5.32 Å². The molecule has 1 unspecified atom stereocenters. The van der Waals surface area contributed by atoms with E-state index in [0.29, 0.717) is 5.37 Å². The van der Waals surface area contributed by atoms with E-state index in [1.165, 1.54) is 10.5 Å². The first-order valence-corrected chi connectivity index (χ1v) is 8.54. The van der Waals surface area contributed by atoms with Crippen LogP contribution >= 0.6 is 35.7 Å². The molecule has 0 spiro atoms. The Kier molecular flexibility index (Phi) is 5.21. The third-order valence-electron chi connectivity index (χ3n) is 2.85. The number of hydrogen-bond acceptors (Lipinski definition) is 3. The van der Waals surface area contributed by atoms with Crippen molar-refractivity contribution < 1.29 is 0 Å². The van der Waals surface area contributed by atoms with Crippen LogP contribution in [0.4, 0.5) is 0 Å². The third-order valence-corrected chi connectivity index (χ3v) is 5.50. The molecule has 1 N–H and O–H groups in total. The molecule has 5 heteroatoms. The highest BCUT2D eigenvalue weighted by molar-refractivity contribution is 8.00. The van der Waals surface area contributed by atoms with E-state index >= 15 is 0 Å². The lowest BCUT2D eigenvalue weighted by Gasteiger charge is -2.27. The van der Waals surface area contributed by atoms with Gasteiger partial charge in [-0.05, 0) is 29.6 Å². The van der Waals surface area contributed by atoms with Crippen molar-refractivity contribution in [3.63, 3.8) is 0 Å². The first-order valence-electron chi connectivity index (χ1n) is 6.09. The number of thiocarbonyl (C=S) groups is 1. The fourth-order valence-corrected chi connectivity index (χ4v) is 4.52. The quantitative estimate of drug-likeness (QED) is 0.678. The fourth-order valence-electron chi connectivity index (χ4n) is 2.05. The zero-order chi connectivity index (χ0) is 13.0. The molecule has 0 radical (unpaired) electrons. The van der Waals surface area contributed by atoms with E-state index in [9.17, 15) is 0 Å². The van der Waals surface area contributed by atoms with E-state index < -0.39 is 0 Å². The van der Waals surface area contributed by atoms with Gasteiger partial charge in [-0.3, -0.25) is 0 Å². The molecule has 0 bridgehead atoms. The molecule has 1 heterocycles. The Hall–Kier alpha value is -0.390. The highest BCUT2D eigenvalue weighted by Crippen LogP contribution is 2.41. The van der Waals surface area contributed by atoms with E-state index in [1.807, 2.05) is 30.6 Å². The molecule has 1 fully saturated rings. The van der Waals surface area contributed by atoms with Gasteiger partial charge in [0.15, 0.2) is 5.11 Å². The van der Waals surface area contributed by atoms with E-state index in [2.05, 4.69) is 41.4 Å². The highest BCUT2D eigenvalue weighted by atomic mass is 32.2. The van der Waals surface area contributed by atoms with Gasteiger partial charge >= 0.3 is 0 Å². The zero-order valence-corrected chi connectivity index (χ0v) is 13.1. The SMILES string of the molecule is CCSc1ccccc1C1SCCN1C(=S)NC. The molecule has 1 aliphatic rings. The van der Waals surface area contributed by atoms with Crippen LogP contribution in [0, 0.1) is 0 Å². The number of nitrogens with one attached hydrogen (secondary N) is 1. The van der Waals surface area contributed by atoms with Crippen molar-refractivity contribution in [2.45, 2.75) is 17.2 Å². The van der Waals surface area contributed by atoms with Gasteiger partial charge in [0, 0.05) is 24.2 Å². The van der Waals surface area contributed by atoms with Gasteiger partial charge in [-0.2, -0.15) is 0 Å². The molecule has 1 aliphatic heterocycles. The van der Waals surface area contributed by atoms with Crippen LogP contribution in [0.25, 0.3) is 0 Å². The van der Waals surface area contributed by atoms with Gasteiger partial charge < -0.3 is 10.2 Å². The van der Waals surface area contributed by atoms with Crippen LogP contribution in [0.1, 0.15) is 17.9 Å². The molecule has 1 aromatic rings. The highest BCUT2D eigenvalue weighted by Gasteiger charge is 2.29. The van der Waals surface area contributed by atoms with Gasteiger partial charge in [0.25, 0.3) is 0 Å². The second kappa shape index (κ2) is 6.68. The Morgan fingerprint density at radius 3 is 3.06 bits per heavy atom. The average Bonchev–Trinajstić information content (AvgIpc) is 2.88. The molecular weight excluding hydrogens is 280 g/mol. The summed E-state index contributed by atoms with van der Waals surface area (Å²) in [4.78, 5) is 3.66. The van der Waals surface area contributed by atoms with Crippen molar-refractivity contribution in [1.82, 2.24) is 10.2 Å². The summed E-state index contributed by atoms with van der Waals surface area (Å²) in [7, 11) is 1.90. The van der Waals surface area contributed by atoms with Crippen molar-refractivity contribution in [1.29, 1.82) is 0 Å². The van der Waals surface area contributed by atoms with Gasteiger partial charge in [0.1, 0.15) is 5.37 Å². The summed E-state index contributed by atoms with van der Waals surface area (Å²) in [6.45, 7) is 3.22. The Morgan fingerprint density at radius 1 is 1.56 bits per heavy atom. The lowest BCUT2D eigenvalue weighted by atomic mass is 10.2. The molecule has 0 aliphatic carbocycles. The van der Waals surface area contributed by atoms with Gasteiger partial charge in [-0.1, -0.05) is 25.1 Å². The molecule has 0 amide bonds. The summed E-state index contributed by atoms with van der Waals surface area (Å²) >= 11 is 9.27.